The average Bonchev–Trinajstić information content (AvgIpc) is 2.47. The van der Waals surface area contributed by atoms with Gasteiger partial charge in [0.25, 0.3) is 0 Å². The van der Waals surface area contributed by atoms with Gasteiger partial charge < -0.3 is 5.11 Å². The number of phenols is 1. The van der Waals surface area contributed by atoms with Gasteiger partial charge in [-0.05, 0) is 40.7 Å². The molecule has 0 fully saturated rings. The van der Waals surface area contributed by atoms with E-state index < -0.39 is 0 Å². The van der Waals surface area contributed by atoms with Crippen LogP contribution in [0, 0.1) is 5.92 Å². The molecule has 0 amide bonds. The van der Waals surface area contributed by atoms with E-state index in [2.05, 4.69) is 90.1 Å². The Morgan fingerprint density at radius 2 is 1.75 bits per heavy atom. The second kappa shape index (κ2) is 7.01. The smallest absolute Gasteiger partial charge is 0.123 e. The highest BCUT2D eigenvalue weighted by Gasteiger charge is 2.29. The molecule has 1 atom stereocenters. The maximum Gasteiger partial charge on any atom is 0.123 e. The molecular formula is C23H32O. The standard InChI is InChI=1S/C23H32O/c1-22(2,3)19-16-15-18(21(24)20(19)23(4,5)6)14-10-13-17-11-8-7-9-12-17/h7-11,13,15-17,24H,12,14H2,1-6H3. The molecule has 1 aliphatic carbocycles. The zero-order chi connectivity index (χ0) is 18.0. The summed E-state index contributed by atoms with van der Waals surface area (Å²) in [6.45, 7) is 13.2. The molecule has 1 heteroatoms. The van der Waals surface area contributed by atoms with Crippen LogP contribution in [0.3, 0.4) is 0 Å². The second-order valence-electron chi connectivity index (χ2n) is 8.84. The largest absolute Gasteiger partial charge is 0.507 e. The quantitative estimate of drug-likeness (QED) is 0.654. The first-order valence-corrected chi connectivity index (χ1v) is 8.96. The van der Waals surface area contributed by atoms with Gasteiger partial charge in [0.05, 0.1) is 0 Å². The summed E-state index contributed by atoms with van der Waals surface area (Å²) in [6, 6.07) is 4.29. The van der Waals surface area contributed by atoms with Crippen molar-refractivity contribution in [2.24, 2.45) is 5.92 Å². The third-order valence-electron chi connectivity index (χ3n) is 4.55. The molecule has 0 aromatic heterocycles. The van der Waals surface area contributed by atoms with Crippen molar-refractivity contribution in [1.82, 2.24) is 0 Å². The first-order valence-electron chi connectivity index (χ1n) is 8.96. The SMILES string of the molecule is CC(C)(C)c1ccc(CC=CC2C=CC=CC2)c(O)c1C(C)(C)C. The lowest BCUT2D eigenvalue weighted by Gasteiger charge is -2.31. The summed E-state index contributed by atoms with van der Waals surface area (Å²) in [7, 11) is 0. The molecule has 130 valence electrons. The summed E-state index contributed by atoms with van der Waals surface area (Å²) in [4.78, 5) is 0. The average molecular weight is 325 g/mol. The number of phenolic OH excluding ortho intramolecular Hbond substituents is 1. The van der Waals surface area contributed by atoms with E-state index in [1.165, 1.54) is 5.56 Å². The monoisotopic (exact) mass is 324 g/mol. The van der Waals surface area contributed by atoms with Crippen molar-refractivity contribution in [3.63, 3.8) is 0 Å². The van der Waals surface area contributed by atoms with Crippen LogP contribution in [0.4, 0.5) is 0 Å². The first kappa shape index (κ1) is 18.6. The van der Waals surface area contributed by atoms with Crippen LogP contribution in [-0.2, 0) is 17.3 Å². The van der Waals surface area contributed by atoms with Crippen molar-refractivity contribution < 1.29 is 5.11 Å². The predicted molar refractivity (Wildman–Crippen MR) is 105 cm³/mol. The number of allylic oxidation sites excluding steroid dienone is 6. The van der Waals surface area contributed by atoms with E-state index in [0.29, 0.717) is 11.7 Å². The molecule has 0 saturated carbocycles. The zero-order valence-corrected chi connectivity index (χ0v) is 16.1. The van der Waals surface area contributed by atoms with Crippen molar-refractivity contribution in [2.75, 3.05) is 0 Å². The van der Waals surface area contributed by atoms with Crippen LogP contribution in [0.5, 0.6) is 5.75 Å². The highest BCUT2D eigenvalue weighted by atomic mass is 16.3. The van der Waals surface area contributed by atoms with Gasteiger partial charge in [0.2, 0.25) is 0 Å². The van der Waals surface area contributed by atoms with Gasteiger partial charge in [-0.1, -0.05) is 90.1 Å². The Labute approximate surface area is 147 Å². The zero-order valence-electron chi connectivity index (χ0n) is 16.1. The van der Waals surface area contributed by atoms with E-state index in [1.807, 2.05) is 0 Å². The van der Waals surface area contributed by atoms with Crippen LogP contribution in [-0.4, -0.2) is 5.11 Å². The number of benzene rings is 1. The molecule has 0 radical (unpaired) electrons. The summed E-state index contributed by atoms with van der Waals surface area (Å²) in [5.41, 5.74) is 3.28. The maximum atomic E-state index is 10.9. The van der Waals surface area contributed by atoms with Crippen LogP contribution in [0.25, 0.3) is 0 Å². The van der Waals surface area contributed by atoms with E-state index in [-0.39, 0.29) is 10.8 Å². The van der Waals surface area contributed by atoms with Gasteiger partial charge in [-0.15, -0.1) is 0 Å². The lowest BCUT2D eigenvalue weighted by Crippen LogP contribution is -2.22. The normalized spacial score (nSPS) is 18.5. The Bertz CT molecular complexity index is 661. The van der Waals surface area contributed by atoms with Crippen LogP contribution in [0.15, 0.2) is 48.6 Å². The van der Waals surface area contributed by atoms with Gasteiger partial charge in [-0.2, -0.15) is 0 Å². The summed E-state index contributed by atoms with van der Waals surface area (Å²) >= 11 is 0. The van der Waals surface area contributed by atoms with E-state index in [9.17, 15) is 5.11 Å². The summed E-state index contributed by atoms with van der Waals surface area (Å²) in [6.07, 6.45) is 14.9. The fourth-order valence-corrected chi connectivity index (χ4v) is 3.30. The Morgan fingerprint density at radius 1 is 1.04 bits per heavy atom. The molecule has 1 nitrogen and oxygen atoms in total. The van der Waals surface area contributed by atoms with E-state index in [0.717, 1.165) is 24.0 Å². The van der Waals surface area contributed by atoms with E-state index >= 15 is 0 Å². The van der Waals surface area contributed by atoms with Gasteiger partial charge in [0.15, 0.2) is 0 Å². The molecule has 1 aliphatic rings. The molecular weight excluding hydrogens is 292 g/mol. The van der Waals surface area contributed by atoms with Crippen LogP contribution < -0.4 is 0 Å². The van der Waals surface area contributed by atoms with Crippen molar-refractivity contribution >= 4 is 0 Å². The minimum absolute atomic E-state index is 0.0215. The number of rotatable bonds is 3. The van der Waals surface area contributed by atoms with Crippen molar-refractivity contribution in [1.29, 1.82) is 0 Å². The van der Waals surface area contributed by atoms with E-state index in [4.69, 9.17) is 0 Å². The summed E-state index contributed by atoms with van der Waals surface area (Å²) in [5.74, 6) is 0.951. The molecule has 1 unspecified atom stereocenters. The highest BCUT2D eigenvalue weighted by Crippen LogP contribution is 2.41. The molecule has 1 N–H and O–H groups in total. The highest BCUT2D eigenvalue weighted by molar-refractivity contribution is 5.52. The van der Waals surface area contributed by atoms with Gasteiger partial charge in [-0.25, -0.2) is 0 Å². The fraction of sp³-hybridized carbons (Fsp3) is 0.478. The molecule has 1 aromatic carbocycles. The minimum Gasteiger partial charge on any atom is -0.507 e. The first-order chi connectivity index (χ1) is 11.1. The van der Waals surface area contributed by atoms with Crippen molar-refractivity contribution in [3.8, 4) is 5.75 Å². The van der Waals surface area contributed by atoms with Crippen LogP contribution in [0.1, 0.15) is 64.7 Å². The minimum atomic E-state index is -0.0800. The fourth-order valence-electron chi connectivity index (χ4n) is 3.30. The Morgan fingerprint density at radius 3 is 2.29 bits per heavy atom. The molecule has 0 saturated heterocycles. The molecule has 0 bridgehead atoms. The lowest BCUT2D eigenvalue weighted by molar-refractivity contribution is 0.430. The van der Waals surface area contributed by atoms with Gasteiger partial charge in [0, 0.05) is 5.56 Å². The molecule has 0 spiro atoms. The third kappa shape index (κ3) is 4.41. The molecule has 1 aromatic rings. The Balaban J connectivity index is 2.30. The maximum absolute atomic E-state index is 10.9. The third-order valence-corrected chi connectivity index (χ3v) is 4.55. The lowest BCUT2D eigenvalue weighted by atomic mass is 9.74. The summed E-state index contributed by atoms with van der Waals surface area (Å²) < 4.78 is 0. The molecule has 0 heterocycles. The Hall–Kier alpha value is -1.76. The van der Waals surface area contributed by atoms with Crippen molar-refractivity contribution in [2.45, 2.75) is 65.2 Å². The molecule has 2 rings (SSSR count). The van der Waals surface area contributed by atoms with Gasteiger partial charge >= 0.3 is 0 Å². The Kier molecular flexibility index (Phi) is 5.42. The van der Waals surface area contributed by atoms with E-state index in [1.54, 1.807) is 0 Å². The van der Waals surface area contributed by atoms with Gasteiger partial charge in [0.1, 0.15) is 5.75 Å². The van der Waals surface area contributed by atoms with Crippen LogP contribution in [0.2, 0.25) is 0 Å². The van der Waals surface area contributed by atoms with Gasteiger partial charge in [-0.3, -0.25) is 0 Å². The van der Waals surface area contributed by atoms with Crippen molar-refractivity contribution in [3.05, 3.63) is 65.3 Å². The number of hydrogen-bond acceptors (Lipinski definition) is 1. The topological polar surface area (TPSA) is 20.2 Å². The molecule has 24 heavy (non-hydrogen) atoms. The predicted octanol–water partition coefficient (Wildman–Crippen LogP) is 6.22. The number of aromatic hydroxyl groups is 1. The number of hydrogen-bond donors (Lipinski definition) is 1. The van der Waals surface area contributed by atoms with Crippen LogP contribution >= 0.6 is 0 Å². The summed E-state index contributed by atoms with van der Waals surface area (Å²) in [5, 5.41) is 10.9. The molecule has 0 aliphatic heterocycles. The second-order valence-corrected chi connectivity index (χ2v) is 8.84.